The lowest BCUT2D eigenvalue weighted by molar-refractivity contribution is -0.152. The van der Waals surface area contributed by atoms with Gasteiger partial charge < -0.3 is 31.7 Å². The number of aliphatic hydroxyl groups is 1. The molecule has 0 aromatic heterocycles. The number of nitrogens with one attached hydrogen (secondary N) is 1. The Morgan fingerprint density at radius 2 is 1.86 bits per heavy atom. The number of likely N-dealkylation sites (tertiary alicyclic amines) is 2. The number of nitrogens with zero attached hydrogens (tertiary/aromatic N) is 2. The molecule has 6 N–H and O–H groups in total. The highest BCUT2D eigenvalue weighted by molar-refractivity contribution is 5.98. The van der Waals surface area contributed by atoms with E-state index in [1.54, 1.807) is 9.80 Å². The van der Waals surface area contributed by atoms with Crippen LogP contribution in [0.3, 0.4) is 0 Å². The number of carbonyl (C=O) groups is 4. The molecule has 0 bridgehead atoms. The van der Waals surface area contributed by atoms with Crippen molar-refractivity contribution in [2.24, 2.45) is 11.5 Å². The van der Waals surface area contributed by atoms with Gasteiger partial charge in [0.25, 0.3) is 0 Å². The van der Waals surface area contributed by atoms with Crippen molar-refractivity contribution in [2.45, 2.75) is 82.1 Å². The summed E-state index contributed by atoms with van der Waals surface area (Å²) in [5, 5.41) is 12.6. The molecule has 0 aliphatic carbocycles. The van der Waals surface area contributed by atoms with Crippen molar-refractivity contribution in [3.63, 3.8) is 0 Å². The standard InChI is InChI=1S/C25H37N5O5/c1-3-18(26)22(33)29-13-7-11-19(29)23(34)30-14-8-12-25(30,15-17-9-5-4-6-10-17)24(35)28-20(16(2)31)21(27)32/h4-6,9-10,16,18-20,31H,3,7-8,11-15,26H2,1-2H3,(H2,27,32)(H,28,35). The highest BCUT2D eigenvalue weighted by Gasteiger charge is 2.53. The Kier molecular flexibility index (Phi) is 8.50. The van der Waals surface area contributed by atoms with Gasteiger partial charge in [-0.1, -0.05) is 37.3 Å². The van der Waals surface area contributed by atoms with E-state index in [-0.39, 0.29) is 18.2 Å². The molecule has 1 aromatic rings. The molecular weight excluding hydrogens is 450 g/mol. The van der Waals surface area contributed by atoms with Gasteiger partial charge in [-0.25, -0.2) is 0 Å². The fourth-order valence-electron chi connectivity index (χ4n) is 5.19. The predicted octanol–water partition coefficient (Wildman–Crippen LogP) is -0.330. The second-order valence-corrected chi connectivity index (χ2v) is 9.59. The molecule has 2 saturated heterocycles. The maximum atomic E-state index is 13.9. The van der Waals surface area contributed by atoms with Gasteiger partial charge in [0.2, 0.25) is 23.6 Å². The average molecular weight is 488 g/mol. The van der Waals surface area contributed by atoms with Crippen molar-refractivity contribution in [1.29, 1.82) is 0 Å². The van der Waals surface area contributed by atoms with Crippen LogP contribution in [0, 0.1) is 0 Å². The van der Waals surface area contributed by atoms with Crippen molar-refractivity contribution in [1.82, 2.24) is 15.1 Å². The first-order valence-electron chi connectivity index (χ1n) is 12.3. The maximum Gasteiger partial charge on any atom is 0.247 e. The van der Waals surface area contributed by atoms with Crippen LogP contribution in [-0.4, -0.2) is 81.4 Å². The molecule has 5 unspecified atom stereocenters. The summed E-state index contributed by atoms with van der Waals surface area (Å²) >= 11 is 0. The summed E-state index contributed by atoms with van der Waals surface area (Å²) in [4.78, 5) is 55.5. The van der Waals surface area contributed by atoms with Crippen LogP contribution in [0.25, 0.3) is 0 Å². The van der Waals surface area contributed by atoms with Crippen LogP contribution in [0.15, 0.2) is 30.3 Å². The van der Waals surface area contributed by atoms with E-state index in [0.717, 1.165) is 5.56 Å². The smallest absolute Gasteiger partial charge is 0.247 e. The van der Waals surface area contributed by atoms with Crippen molar-refractivity contribution < 1.29 is 24.3 Å². The largest absolute Gasteiger partial charge is 0.391 e. The van der Waals surface area contributed by atoms with E-state index in [0.29, 0.717) is 45.2 Å². The number of benzene rings is 1. The minimum absolute atomic E-state index is 0.228. The van der Waals surface area contributed by atoms with Gasteiger partial charge in [-0.3, -0.25) is 19.2 Å². The lowest BCUT2D eigenvalue weighted by atomic mass is 9.86. The summed E-state index contributed by atoms with van der Waals surface area (Å²) in [6.45, 7) is 3.98. The van der Waals surface area contributed by atoms with Crippen molar-refractivity contribution in [2.75, 3.05) is 13.1 Å². The third-order valence-electron chi connectivity index (χ3n) is 7.17. The molecule has 0 saturated carbocycles. The second kappa shape index (κ2) is 11.2. The lowest BCUT2D eigenvalue weighted by Crippen LogP contribution is -2.65. The molecule has 2 aliphatic heterocycles. The summed E-state index contributed by atoms with van der Waals surface area (Å²) in [5.41, 5.74) is 11.0. The SMILES string of the molecule is CCC(N)C(=O)N1CCCC1C(=O)N1CCCC1(Cc1ccccc1)C(=O)NC(C(N)=O)C(C)O. The number of nitrogens with two attached hydrogens (primary N) is 2. The van der Waals surface area contributed by atoms with Gasteiger partial charge in [0, 0.05) is 19.5 Å². The molecule has 10 heteroatoms. The van der Waals surface area contributed by atoms with Gasteiger partial charge in [-0.2, -0.15) is 0 Å². The number of amides is 4. The minimum atomic E-state index is -1.29. The number of hydrogen-bond donors (Lipinski definition) is 4. The second-order valence-electron chi connectivity index (χ2n) is 9.59. The van der Waals surface area contributed by atoms with E-state index in [2.05, 4.69) is 5.32 Å². The Labute approximate surface area is 206 Å². The van der Waals surface area contributed by atoms with E-state index in [1.807, 2.05) is 37.3 Å². The number of hydrogen-bond acceptors (Lipinski definition) is 6. The van der Waals surface area contributed by atoms with E-state index in [9.17, 15) is 24.3 Å². The molecule has 2 heterocycles. The normalized spacial score (nSPS) is 24.6. The number of primary amides is 1. The van der Waals surface area contributed by atoms with E-state index in [1.165, 1.54) is 6.92 Å². The van der Waals surface area contributed by atoms with Crippen molar-refractivity contribution in [3.05, 3.63) is 35.9 Å². The molecule has 192 valence electrons. The molecule has 2 fully saturated rings. The number of rotatable bonds is 9. The van der Waals surface area contributed by atoms with Crippen LogP contribution in [0.4, 0.5) is 0 Å². The molecule has 5 atom stereocenters. The molecule has 0 spiro atoms. The molecule has 3 rings (SSSR count). The Hall–Kier alpha value is -2.98. The summed E-state index contributed by atoms with van der Waals surface area (Å²) in [6, 6.07) is 6.67. The topological polar surface area (TPSA) is 159 Å². The Morgan fingerprint density at radius 1 is 1.17 bits per heavy atom. The van der Waals surface area contributed by atoms with Crippen LogP contribution in [-0.2, 0) is 25.6 Å². The third-order valence-corrected chi connectivity index (χ3v) is 7.17. The fraction of sp³-hybridized carbons (Fsp3) is 0.600. The zero-order chi connectivity index (χ0) is 25.8. The van der Waals surface area contributed by atoms with Crippen LogP contribution in [0.2, 0.25) is 0 Å². The molecule has 10 nitrogen and oxygen atoms in total. The Balaban J connectivity index is 1.96. The predicted molar refractivity (Wildman–Crippen MR) is 130 cm³/mol. The van der Waals surface area contributed by atoms with E-state index in [4.69, 9.17) is 11.5 Å². The van der Waals surface area contributed by atoms with Crippen LogP contribution in [0.1, 0.15) is 51.5 Å². The number of aliphatic hydroxyl groups excluding tert-OH is 1. The molecule has 0 radical (unpaired) electrons. The summed E-state index contributed by atoms with van der Waals surface area (Å²) in [6.07, 6.45) is 1.62. The lowest BCUT2D eigenvalue weighted by Gasteiger charge is -2.41. The van der Waals surface area contributed by atoms with Crippen LogP contribution >= 0.6 is 0 Å². The van der Waals surface area contributed by atoms with E-state index < -0.39 is 41.6 Å². The van der Waals surface area contributed by atoms with Gasteiger partial charge in [0.05, 0.1) is 12.1 Å². The first kappa shape index (κ1) is 26.6. The zero-order valence-corrected chi connectivity index (χ0v) is 20.5. The number of carbonyl (C=O) groups excluding carboxylic acids is 4. The maximum absolute atomic E-state index is 13.9. The van der Waals surface area contributed by atoms with Crippen molar-refractivity contribution >= 4 is 23.6 Å². The highest BCUT2D eigenvalue weighted by Crippen LogP contribution is 2.36. The van der Waals surface area contributed by atoms with Crippen LogP contribution in [0.5, 0.6) is 0 Å². The highest BCUT2D eigenvalue weighted by atomic mass is 16.3. The van der Waals surface area contributed by atoms with Gasteiger partial charge in [0.15, 0.2) is 0 Å². The summed E-state index contributed by atoms with van der Waals surface area (Å²) < 4.78 is 0. The third kappa shape index (κ3) is 5.48. The quantitative estimate of drug-likeness (QED) is 0.373. The fourth-order valence-corrected chi connectivity index (χ4v) is 5.19. The average Bonchev–Trinajstić information content (AvgIpc) is 3.49. The summed E-state index contributed by atoms with van der Waals surface area (Å²) in [7, 11) is 0. The van der Waals surface area contributed by atoms with Gasteiger partial charge in [0.1, 0.15) is 17.6 Å². The summed E-state index contributed by atoms with van der Waals surface area (Å²) in [5.74, 6) is -1.96. The first-order chi connectivity index (χ1) is 16.6. The van der Waals surface area contributed by atoms with Gasteiger partial charge >= 0.3 is 0 Å². The molecule has 1 aromatic carbocycles. The molecule has 35 heavy (non-hydrogen) atoms. The minimum Gasteiger partial charge on any atom is -0.391 e. The molecule has 2 aliphatic rings. The Morgan fingerprint density at radius 3 is 2.46 bits per heavy atom. The van der Waals surface area contributed by atoms with Gasteiger partial charge in [-0.15, -0.1) is 0 Å². The monoisotopic (exact) mass is 487 g/mol. The van der Waals surface area contributed by atoms with Gasteiger partial charge in [-0.05, 0) is 44.6 Å². The van der Waals surface area contributed by atoms with E-state index >= 15 is 0 Å². The molecular formula is C25H37N5O5. The molecule has 4 amide bonds. The Bertz CT molecular complexity index is 939. The zero-order valence-electron chi connectivity index (χ0n) is 20.5. The van der Waals surface area contributed by atoms with Crippen molar-refractivity contribution in [3.8, 4) is 0 Å². The first-order valence-corrected chi connectivity index (χ1v) is 12.3. The van der Waals surface area contributed by atoms with Crippen LogP contribution < -0.4 is 16.8 Å².